The van der Waals surface area contributed by atoms with Crippen molar-refractivity contribution in [3.05, 3.63) is 65.4 Å². The normalized spacial score (nSPS) is 16.5. The zero-order valence-corrected chi connectivity index (χ0v) is 32.9. The largest absolute Gasteiger partial charge is 1.00 e. The Morgan fingerprint density at radius 2 is 1.57 bits per heavy atom. The first-order valence-electron chi connectivity index (χ1n) is 15.0. The Morgan fingerprint density at radius 1 is 0.941 bits per heavy atom. The summed E-state index contributed by atoms with van der Waals surface area (Å²) in [5.41, 5.74) is -1.65. The van der Waals surface area contributed by atoms with Gasteiger partial charge in [-0.2, -0.15) is 4.37 Å². The molecule has 0 unspecified atom stereocenters. The third kappa shape index (κ3) is 9.17. The number of azo groups is 1. The molecule has 2 amide bonds. The van der Waals surface area contributed by atoms with Gasteiger partial charge in [0.1, 0.15) is 10.1 Å². The molecule has 0 spiro atoms. The summed E-state index contributed by atoms with van der Waals surface area (Å²) < 4.78 is 68.3. The molecule has 1 fully saturated rings. The number of hydrogen-bond acceptors (Lipinski definition) is 14. The Morgan fingerprint density at radius 3 is 2.18 bits per heavy atom. The molecule has 1 saturated heterocycles. The molecular formula is C31H33N7NaO9S3-. The zero-order valence-electron chi connectivity index (χ0n) is 28.4. The van der Waals surface area contributed by atoms with Gasteiger partial charge in [-0.1, -0.05) is 6.07 Å². The van der Waals surface area contributed by atoms with Crippen LogP contribution in [0.15, 0.2) is 74.6 Å². The number of carbonyl (C=O) groups is 2. The third-order valence-corrected chi connectivity index (χ3v) is 11.1. The Kier molecular flexibility index (Phi) is 11.8. The van der Waals surface area contributed by atoms with Crippen molar-refractivity contribution >= 4 is 76.5 Å². The number of aromatic hydroxyl groups is 1. The summed E-state index contributed by atoms with van der Waals surface area (Å²) in [7, 11) is -8.88. The molecule has 5 rings (SSSR count). The van der Waals surface area contributed by atoms with Gasteiger partial charge in [-0.05, 0) is 101 Å². The summed E-state index contributed by atoms with van der Waals surface area (Å²) in [5.74, 6) is -1.98. The average molecular weight is 767 g/mol. The van der Waals surface area contributed by atoms with Crippen molar-refractivity contribution in [3.8, 4) is 5.75 Å². The van der Waals surface area contributed by atoms with Gasteiger partial charge in [0.15, 0.2) is 10.8 Å². The van der Waals surface area contributed by atoms with E-state index in [9.17, 15) is 41.3 Å². The number of nitrogens with zero attached hydrogens (tertiary/aromatic N) is 4. The number of aromatic nitrogens is 1. The first-order chi connectivity index (χ1) is 23.2. The summed E-state index contributed by atoms with van der Waals surface area (Å²) in [6.45, 7) is 8.29. The quantitative estimate of drug-likeness (QED) is 0.0833. The molecule has 0 radical (unpaired) electrons. The van der Waals surface area contributed by atoms with Crippen molar-refractivity contribution in [2.75, 3.05) is 10.6 Å². The second-order valence-corrected chi connectivity index (χ2v) is 16.9. The van der Waals surface area contributed by atoms with Crippen LogP contribution in [-0.2, 0) is 24.9 Å². The molecule has 4 aromatic rings. The van der Waals surface area contributed by atoms with Gasteiger partial charge in [0.2, 0.25) is 15.9 Å². The number of benzene rings is 3. The van der Waals surface area contributed by atoms with Crippen molar-refractivity contribution < 1.29 is 65.6 Å². The molecule has 51 heavy (non-hydrogen) atoms. The SMILES string of the molecule is CC(=O)Nc1cc(N=Nc2snc3ccc(S(=O)(=O)NC4CC(C)(C)N([O-])C(C)(C)C4)cc23)cc(NC(=O)c2cccc(S(=O)(=O)[O-])c2)c1O.[Na+]. The smallest absolute Gasteiger partial charge is 0.784 e. The van der Waals surface area contributed by atoms with Crippen LogP contribution >= 0.6 is 11.5 Å². The minimum Gasteiger partial charge on any atom is -0.784 e. The van der Waals surface area contributed by atoms with Crippen LogP contribution in [0, 0.1) is 5.21 Å². The fourth-order valence-electron chi connectivity index (χ4n) is 5.93. The average Bonchev–Trinajstić information content (AvgIpc) is 3.42. The van der Waals surface area contributed by atoms with E-state index in [4.69, 9.17) is 0 Å². The van der Waals surface area contributed by atoms with E-state index in [2.05, 4.69) is 30.0 Å². The summed E-state index contributed by atoms with van der Waals surface area (Å²) in [6.07, 6.45) is 0.621. The molecule has 266 valence electrons. The number of fused-ring (bicyclic) bond motifs is 1. The first-order valence-corrected chi connectivity index (χ1v) is 18.7. The zero-order chi connectivity index (χ0) is 36.8. The number of nitrogens with one attached hydrogen (secondary N) is 3. The Bertz CT molecular complexity index is 2240. The Labute approximate surface area is 320 Å². The molecule has 0 saturated carbocycles. The van der Waals surface area contributed by atoms with Gasteiger partial charge in [0, 0.05) is 35.0 Å². The van der Waals surface area contributed by atoms with E-state index in [0.29, 0.717) is 23.7 Å². The number of rotatable bonds is 9. The number of anilines is 2. The second kappa shape index (κ2) is 14.9. The number of phenolic OH excluding ortho intramolecular Hbond substituents is 1. The fraction of sp³-hybridized carbons (Fsp3) is 0.323. The van der Waals surface area contributed by atoms with E-state index < -0.39 is 59.7 Å². The van der Waals surface area contributed by atoms with Crippen molar-refractivity contribution in [3.63, 3.8) is 0 Å². The van der Waals surface area contributed by atoms with Crippen molar-refractivity contribution in [2.45, 2.75) is 74.4 Å². The van der Waals surface area contributed by atoms with E-state index in [0.717, 1.165) is 28.7 Å². The predicted molar refractivity (Wildman–Crippen MR) is 185 cm³/mol. The maximum absolute atomic E-state index is 13.5. The van der Waals surface area contributed by atoms with Crippen LogP contribution in [0.5, 0.6) is 5.75 Å². The molecule has 2 heterocycles. The van der Waals surface area contributed by atoms with E-state index in [-0.39, 0.29) is 62.1 Å². The molecular weight excluding hydrogens is 734 g/mol. The van der Waals surface area contributed by atoms with Gasteiger partial charge in [0.05, 0.1) is 32.4 Å². The number of amides is 2. The Hall–Kier alpha value is -3.37. The van der Waals surface area contributed by atoms with Crippen LogP contribution in [0.3, 0.4) is 0 Å². The van der Waals surface area contributed by atoms with Crippen LogP contribution in [0.2, 0.25) is 0 Å². The van der Waals surface area contributed by atoms with E-state index >= 15 is 0 Å². The van der Waals surface area contributed by atoms with Crippen LogP contribution in [0.25, 0.3) is 10.9 Å². The van der Waals surface area contributed by atoms with Crippen LogP contribution in [0.1, 0.15) is 57.8 Å². The number of phenols is 1. The molecule has 16 nitrogen and oxygen atoms in total. The molecule has 0 aliphatic carbocycles. The maximum Gasteiger partial charge on any atom is 1.00 e. The van der Waals surface area contributed by atoms with Gasteiger partial charge < -0.3 is 30.6 Å². The molecule has 20 heteroatoms. The summed E-state index contributed by atoms with van der Waals surface area (Å²) in [6, 6.07) is 10.8. The topological polar surface area (TPSA) is 246 Å². The summed E-state index contributed by atoms with van der Waals surface area (Å²) in [5, 5.41) is 38.4. The number of hydrogen-bond donors (Lipinski definition) is 4. The van der Waals surface area contributed by atoms with Crippen molar-refractivity contribution in [1.29, 1.82) is 0 Å². The molecule has 0 bridgehead atoms. The minimum atomic E-state index is -4.85. The van der Waals surface area contributed by atoms with Gasteiger partial charge in [-0.3, -0.25) is 9.59 Å². The molecule has 3 aromatic carbocycles. The van der Waals surface area contributed by atoms with Gasteiger partial charge >= 0.3 is 29.6 Å². The van der Waals surface area contributed by atoms with Crippen LogP contribution in [0.4, 0.5) is 22.1 Å². The van der Waals surface area contributed by atoms with Gasteiger partial charge in [-0.15, -0.1) is 10.2 Å². The first kappa shape index (κ1) is 40.4. The fourth-order valence-corrected chi connectivity index (χ4v) is 8.39. The third-order valence-electron chi connectivity index (χ3n) is 7.95. The standard InChI is InChI=1S/C31H34N7O9S3.Na/c1-17(39)32-25-12-19(13-26(27(25)40)33-28(41)18-7-6-8-22(11-18)50(45,46)47)34-35-29-23-14-21(9-10-24(23)36-48-29)49(43,44)37-20-15-30(2,3)38(42)31(4,5)16-20;/h6-14,20,37,40H,15-16H2,1-5H3,(H,32,39)(H,33,41)(H,45,46,47);/q-1;+1/p-1. The monoisotopic (exact) mass is 766 g/mol. The summed E-state index contributed by atoms with van der Waals surface area (Å²) >= 11 is 0.941. The second-order valence-electron chi connectivity index (χ2n) is 13.0. The minimum absolute atomic E-state index is 0. The maximum atomic E-state index is 13.5. The number of hydroxylamine groups is 2. The van der Waals surface area contributed by atoms with Crippen LogP contribution in [-0.4, -0.2) is 64.9 Å². The summed E-state index contributed by atoms with van der Waals surface area (Å²) in [4.78, 5) is 24.1. The predicted octanol–water partition coefficient (Wildman–Crippen LogP) is 2.33. The van der Waals surface area contributed by atoms with Gasteiger partial charge in [-0.25, -0.2) is 21.6 Å². The van der Waals surface area contributed by atoms with Crippen LogP contribution < -0.4 is 44.9 Å². The number of carbonyl (C=O) groups excluding carboxylic acids is 2. The van der Waals surface area contributed by atoms with E-state index in [1.165, 1.54) is 49.4 Å². The molecule has 1 aliphatic heterocycles. The van der Waals surface area contributed by atoms with Crippen molar-refractivity contribution in [1.82, 2.24) is 14.2 Å². The van der Waals surface area contributed by atoms with E-state index in [1.54, 1.807) is 27.7 Å². The van der Waals surface area contributed by atoms with E-state index in [1.807, 2.05) is 0 Å². The molecule has 1 aliphatic rings. The number of sulfonamides is 1. The molecule has 1 aromatic heterocycles. The number of piperidine rings is 1. The van der Waals surface area contributed by atoms with Gasteiger partial charge in [0.25, 0.3) is 5.91 Å². The Balaban J connectivity index is 0.00000583. The molecule has 4 N–H and O–H groups in total. The van der Waals surface area contributed by atoms with Crippen molar-refractivity contribution in [2.24, 2.45) is 10.2 Å². The molecule has 0 atom stereocenters.